The first-order valence-corrected chi connectivity index (χ1v) is 3.81. The summed E-state index contributed by atoms with van der Waals surface area (Å²) < 4.78 is 0. The highest BCUT2D eigenvalue weighted by molar-refractivity contribution is 5.67. The first-order chi connectivity index (χ1) is 6.23. The van der Waals surface area contributed by atoms with Crippen LogP contribution in [0.2, 0.25) is 0 Å². The molecule has 0 spiro atoms. The first kappa shape index (κ1) is 9.29. The number of aldehydes is 1. The highest BCUT2D eigenvalue weighted by Gasteiger charge is 2.23. The molecule has 0 bridgehead atoms. The summed E-state index contributed by atoms with van der Waals surface area (Å²) in [6, 6.07) is 8.94. The number of carbonyl (C=O) groups is 1. The zero-order chi connectivity index (χ0) is 9.73. The zero-order valence-electron chi connectivity index (χ0n) is 7.21. The average Bonchev–Trinajstić information content (AvgIpc) is 2.19. The summed E-state index contributed by atoms with van der Waals surface area (Å²) in [5.74, 6) is 0. The van der Waals surface area contributed by atoms with Crippen LogP contribution in [-0.2, 0) is 10.3 Å². The minimum absolute atomic E-state index is 0.641. The van der Waals surface area contributed by atoms with E-state index in [1.165, 1.54) is 0 Å². The van der Waals surface area contributed by atoms with E-state index in [0.717, 1.165) is 0 Å². The van der Waals surface area contributed by atoms with Gasteiger partial charge in [0.1, 0.15) is 11.8 Å². The van der Waals surface area contributed by atoms with Crippen LogP contribution in [0.25, 0.3) is 10.4 Å². The fourth-order valence-corrected chi connectivity index (χ4v) is 1.02. The summed E-state index contributed by atoms with van der Waals surface area (Å²) in [7, 11) is 0. The van der Waals surface area contributed by atoms with Gasteiger partial charge in [0, 0.05) is 4.91 Å². The molecule has 0 unspecified atom stereocenters. The summed E-state index contributed by atoms with van der Waals surface area (Å²) >= 11 is 0. The Hall–Kier alpha value is -1.80. The predicted molar refractivity (Wildman–Crippen MR) is 49.0 cm³/mol. The van der Waals surface area contributed by atoms with E-state index in [1.807, 2.05) is 6.07 Å². The van der Waals surface area contributed by atoms with Crippen LogP contribution in [0.4, 0.5) is 0 Å². The summed E-state index contributed by atoms with van der Waals surface area (Å²) in [5, 5.41) is 3.46. The van der Waals surface area contributed by atoms with Crippen LogP contribution in [0.15, 0.2) is 35.4 Å². The fraction of sp³-hybridized carbons (Fsp3) is 0.222. The molecule has 1 aromatic rings. The second-order valence-electron chi connectivity index (χ2n) is 2.82. The Morgan fingerprint density at radius 3 is 2.54 bits per heavy atom. The van der Waals surface area contributed by atoms with Gasteiger partial charge in [0.05, 0.1) is 0 Å². The molecule has 0 saturated carbocycles. The third kappa shape index (κ3) is 1.86. The summed E-state index contributed by atoms with van der Waals surface area (Å²) in [4.78, 5) is 13.4. The van der Waals surface area contributed by atoms with Crippen LogP contribution in [-0.4, -0.2) is 6.29 Å². The van der Waals surface area contributed by atoms with E-state index in [1.54, 1.807) is 31.2 Å². The highest BCUT2D eigenvalue weighted by atomic mass is 16.1. The average molecular weight is 175 g/mol. The van der Waals surface area contributed by atoms with Crippen molar-refractivity contribution in [1.29, 1.82) is 0 Å². The minimum atomic E-state index is -1.09. The predicted octanol–water partition coefficient (Wildman–Crippen LogP) is 2.41. The molecule has 1 rings (SSSR count). The van der Waals surface area contributed by atoms with E-state index in [4.69, 9.17) is 5.53 Å². The van der Waals surface area contributed by atoms with Crippen LogP contribution in [0.1, 0.15) is 12.5 Å². The first-order valence-electron chi connectivity index (χ1n) is 3.81. The van der Waals surface area contributed by atoms with Crippen molar-refractivity contribution < 1.29 is 4.79 Å². The Bertz CT molecular complexity index is 343. The molecule has 0 aliphatic carbocycles. The molecule has 1 aromatic carbocycles. The van der Waals surface area contributed by atoms with Crippen LogP contribution in [0.3, 0.4) is 0 Å². The van der Waals surface area contributed by atoms with Gasteiger partial charge in [-0.25, -0.2) is 0 Å². The number of hydrogen-bond acceptors (Lipinski definition) is 2. The van der Waals surface area contributed by atoms with Gasteiger partial charge < -0.3 is 4.79 Å². The van der Waals surface area contributed by atoms with Crippen LogP contribution >= 0.6 is 0 Å². The molecule has 13 heavy (non-hydrogen) atoms. The quantitative estimate of drug-likeness (QED) is 0.301. The molecule has 4 heteroatoms. The molecule has 0 fully saturated rings. The van der Waals surface area contributed by atoms with Crippen molar-refractivity contribution in [3.8, 4) is 0 Å². The lowest BCUT2D eigenvalue weighted by Crippen LogP contribution is -2.19. The largest absolute Gasteiger partial charge is 0.302 e. The van der Waals surface area contributed by atoms with Gasteiger partial charge in [-0.1, -0.05) is 35.4 Å². The molecular formula is C9H9N3O. The second-order valence-corrected chi connectivity index (χ2v) is 2.82. The van der Waals surface area contributed by atoms with Crippen molar-refractivity contribution in [2.75, 3.05) is 0 Å². The Labute approximate surface area is 75.8 Å². The van der Waals surface area contributed by atoms with E-state index >= 15 is 0 Å². The van der Waals surface area contributed by atoms with Crippen LogP contribution in [0, 0.1) is 0 Å². The minimum Gasteiger partial charge on any atom is -0.302 e. The Morgan fingerprint density at radius 1 is 1.46 bits per heavy atom. The van der Waals surface area contributed by atoms with Crippen molar-refractivity contribution in [1.82, 2.24) is 0 Å². The van der Waals surface area contributed by atoms with Gasteiger partial charge in [-0.3, -0.25) is 0 Å². The van der Waals surface area contributed by atoms with Gasteiger partial charge in [0.15, 0.2) is 0 Å². The zero-order valence-corrected chi connectivity index (χ0v) is 7.21. The lowest BCUT2D eigenvalue weighted by atomic mass is 9.95. The van der Waals surface area contributed by atoms with Crippen molar-refractivity contribution >= 4 is 6.29 Å². The Morgan fingerprint density at radius 2 is 2.08 bits per heavy atom. The molecule has 0 heterocycles. The number of hydrogen-bond donors (Lipinski definition) is 0. The lowest BCUT2D eigenvalue weighted by molar-refractivity contribution is -0.111. The maximum atomic E-state index is 10.8. The van der Waals surface area contributed by atoms with Crippen LogP contribution in [0.5, 0.6) is 0 Å². The van der Waals surface area contributed by atoms with Gasteiger partial charge in [-0.2, -0.15) is 0 Å². The number of nitrogens with zero attached hydrogens (tertiary/aromatic N) is 3. The topological polar surface area (TPSA) is 65.8 Å². The monoisotopic (exact) mass is 175 g/mol. The van der Waals surface area contributed by atoms with Gasteiger partial charge in [-0.15, -0.1) is 0 Å². The maximum absolute atomic E-state index is 10.8. The van der Waals surface area contributed by atoms with Gasteiger partial charge in [0.2, 0.25) is 0 Å². The summed E-state index contributed by atoms with van der Waals surface area (Å²) in [6.45, 7) is 1.58. The molecule has 0 aliphatic heterocycles. The Kier molecular flexibility index (Phi) is 2.67. The third-order valence-electron chi connectivity index (χ3n) is 1.84. The molecular weight excluding hydrogens is 166 g/mol. The van der Waals surface area contributed by atoms with Gasteiger partial charge >= 0.3 is 0 Å². The van der Waals surface area contributed by atoms with E-state index in [0.29, 0.717) is 11.8 Å². The SMILES string of the molecule is C[C@@](C=O)(N=[N+]=[N-])c1ccccc1. The second kappa shape index (κ2) is 3.74. The molecule has 0 aliphatic rings. The van der Waals surface area contributed by atoms with Gasteiger partial charge in [-0.05, 0) is 18.0 Å². The summed E-state index contributed by atoms with van der Waals surface area (Å²) in [5.41, 5.74) is 7.90. The number of rotatable bonds is 3. The number of carbonyl (C=O) groups excluding carboxylic acids is 1. The summed E-state index contributed by atoms with van der Waals surface area (Å²) in [6.07, 6.45) is 0.641. The molecule has 0 saturated heterocycles. The van der Waals surface area contributed by atoms with E-state index in [2.05, 4.69) is 10.0 Å². The van der Waals surface area contributed by atoms with Crippen molar-refractivity contribution in [2.45, 2.75) is 12.5 Å². The molecule has 0 radical (unpaired) electrons. The van der Waals surface area contributed by atoms with E-state index in [9.17, 15) is 4.79 Å². The number of azide groups is 1. The highest BCUT2D eigenvalue weighted by Crippen LogP contribution is 2.22. The number of benzene rings is 1. The molecule has 4 nitrogen and oxygen atoms in total. The van der Waals surface area contributed by atoms with Crippen LogP contribution < -0.4 is 0 Å². The van der Waals surface area contributed by atoms with Crippen molar-refractivity contribution in [3.05, 3.63) is 46.3 Å². The molecule has 66 valence electrons. The third-order valence-corrected chi connectivity index (χ3v) is 1.84. The van der Waals surface area contributed by atoms with E-state index < -0.39 is 5.54 Å². The molecule has 1 atom stereocenters. The Balaban J connectivity index is 3.17. The smallest absolute Gasteiger partial charge is 0.136 e. The van der Waals surface area contributed by atoms with Crippen molar-refractivity contribution in [3.63, 3.8) is 0 Å². The standard InChI is InChI=1S/C9H9N3O/c1-9(7-13,11-12-10)8-5-3-2-4-6-8/h2-7H,1H3/t9-/m0/s1. The molecule has 0 aromatic heterocycles. The molecule has 0 amide bonds. The van der Waals surface area contributed by atoms with E-state index in [-0.39, 0.29) is 0 Å². The lowest BCUT2D eigenvalue weighted by Gasteiger charge is -2.15. The fourth-order valence-electron chi connectivity index (χ4n) is 1.02. The van der Waals surface area contributed by atoms with Crippen molar-refractivity contribution in [2.24, 2.45) is 5.11 Å². The maximum Gasteiger partial charge on any atom is 0.136 e. The normalized spacial score (nSPS) is 13.9. The van der Waals surface area contributed by atoms with Gasteiger partial charge in [0.25, 0.3) is 0 Å². The molecule has 0 N–H and O–H groups in total.